The molecule has 1 saturated carbocycles. The quantitative estimate of drug-likeness (QED) is 0.789. The maximum absolute atomic E-state index is 13.5. The van der Waals surface area contributed by atoms with E-state index in [0.717, 1.165) is 6.42 Å². The molecule has 2 aliphatic rings. The normalized spacial score (nSPS) is 26.1. The van der Waals surface area contributed by atoms with Crippen LogP contribution >= 0.6 is 0 Å². The van der Waals surface area contributed by atoms with Crippen LogP contribution in [0, 0.1) is 5.82 Å². The van der Waals surface area contributed by atoms with Crippen molar-refractivity contribution in [3.05, 3.63) is 35.1 Å². The molecule has 1 nitrogen and oxygen atoms in total. The van der Waals surface area contributed by atoms with Crippen molar-refractivity contribution in [1.29, 1.82) is 0 Å². The average Bonchev–Trinajstić information content (AvgIpc) is 2.64. The van der Waals surface area contributed by atoms with Gasteiger partial charge in [0.25, 0.3) is 0 Å². The van der Waals surface area contributed by atoms with Gasteiger partial charge in [-0.25, -0.2) is 4.39 Å². The van der Waals surface area contributed by atoms with Crippen molar-refractivity contribution < 1.29 is 4.39 Å². The summed E-state index contributed by atoms with van der Waals surface area (Å²) in [6, 6.07) is 5.32. The first-order chi connectivity index (χ1) is 8.25. The van der Waals surface area contributed by atoms with Crippen molar-refractivity contribution in [2.45, 2.75) is 49.9 Å². The topological polar surface area (TPSA) is 26.0 Å². The Bertz CT molecular complexity index is 421. The van der Waals surface area contributed by atoms with Gasteiger partial charge in [-0.05, 0) is 60.4 Å². The number of hydrogen-bond acceptors (Lipinski definition) is 1. The van der Waals surface area contributed by atoms with Gasteiger partial charge in [0.1, 0.15) is 5.82 Å². The van der Waals surface area contributed by atoms with E-state index < -0.39 is 0 Å². The highest BCUT2D eigenvalue weighted by Gasteiger charge is 2.43. The summed E-state index contributed by atoms with van der Waals surface area (Å²) in [6.45, 7) is 0.695. The van der Waals surface area contributed by atoms with Crippen LogP contribution < -0.4 is 5.73 Å². The molecule has 1 aromatic rings. The molecule has 1 atom stereocenters. The van der Waals surface area contributed by atoms with Gasteiger partial charge in [-0.2, -0.15) is 0 Å². The molecule has 1 fully saturated rings. The van der Waals surface area contributed by atoms with Gasteiger partial charge in [-0.15, -0.1) is 0 Å². The SMILES string of the molecule is NCC1CC2(CCCCC2)c2cc(F)ccc21. The Labute approximate surface area is 102 Å². The minimum atomic E-state index is -0.0913. The molecule has 3 rings (SSSR count). The maximum atomic E-state index is 13.5. The molecule has 17 heavy (non-hydrogen) atoms. The summed E-state index contributed by atoms with van der Waals surface area (Å²) < 4.78 is 13.5. The lowest BCUT2D eigenvalue weighted by atomic mass is 9.70. The summed E-state index contributed by atoms with van der Waals surface area (Å²) in [6.07, 6.45) is 7.49. The molecule has 0 heterocycles. The fourth-order valence-corrected chi connectivity index (χ4v) is 3.95. The summed E-state index contributed by atoms with van der Waals surface area (Å²) in [5.74, 6) is 0.357. The number of halogens is 1. The molecule has 2 N–H and O–H groups in total. The molecule has 1 spiro atoms. The van der Waals surface area contributed by atoms with Crippen molar-refractivity contribution >= 4 is 0 Å². The van der Waals surface area contributed by atoms with Crippen LogP contribution in [0.4, 0.5) is 4.39 Å². The smallest absolute Gasteiger partial charge is 0.123 e. The van der Waals surface area contributed by atoms with Gasteiger partial charge >= 0.3 is 0 Å². The van der Waals surface area contributed by atoms with Crippen LogP contribution in [0.15, 0.2) is 18.2 Å². The van der Waals surface area contributed by atoms with Crippen LogP contribution in [0.1, 0.15) is 55.6 Å². The molecule has 1 aromatic carbocycles. The van der Waals surface area contributed by atoms with Gasteiger partial charge in [0, 0.05) is 0 Å². The third kappa shape index (κ3) is 1.70. The van der Waals surface area contributed by atoms with Crippen LogP contribution in [0.3, 0.4) is 0 Å². The summed E-state index contributed by atoms with van der Waals surface area (Å²) in [5.41, 5.74) is 8.72. The zero-order chi connectivity index (χ0) is 11.9. The molecular formula is C15H20FN. The second-order valence-corrected chi connectivity index (χ2v) is 5.71. The largest absolute Gasteiger partial charge is 0.330 e. The molecule has 2 heteroatoms. The van der Waals surface area contributed by atoms with Crippen LogP contribution in [-0.4, -0.2) is 6.54 Å². The van der Waals surface area contributed by atoms with Crippen molar-refractivity contribution in [2.24, 2.45) is 5.73 Å². The van der Waals surface area contributed by atoms with E-state index in [1.54, 1.807) is 12.1 Å². The third-order valence-electron chi connectivity index (χ3n) is 4.76. The number of fused-ring (bicyclic) bond motifs is 2. The fourth-order valence-electron chi connectivity index (χ4n) is 3.95. The van der Waals surface area contributed by atoms with E-state index in [4.69, 9.17) is 5.73 Å². The predicted molar refractivity (Wildman–Crippen MR) is 67.6 cm³/mol. The van der Waals surface area contributed by atoms with E-state index in [2.05, 4.69) is 0 Å². The molecule has 92 valence electrons. The average molecular weight is 233 g/mol. The van der Waals surface area contributed by atoms with E-state index >= 15 is 0 Å². The summed E-state index contributed by atoms with van der Waals surface area (Å²) in [7, 11) is 0. The molecule has 0 bridgehead atoms. The molecule has 1 unspecified atom stereocenters. The van der Waals surface area contributed by atoms with Gasteiger partial charge < -0.3 is 5.73 Å². The minimum absolute atomic E-state index is 0.0913. The zero-order valence-corrected chi connectivity index (χ0v) is 10.2. The minimum Gasteiger partial charge on any atom is -0.330 e. The molecule has 2 aliphatic carbocycles. The Morgan fingerprint density at radius 1 is 1.24 bits per heavy atom. The van der Waals surface area contributed by atoms with E-state index in [0.29, 0.717) is 12.5 Å². The predicted octanol–water partition coefficient (Wildman–Crippen LogP) is 3.47. The zero-order valence-electron chi connectivity index (χ0n) is 10.2. The monoisotopic (exact) mass is 233 g/mol. The molecule has 0 aromatic heterocycles. The van der Waals surface area contributed by atoms with E-state index in [1.807, 2.05) is 6.07 Å². The van der Waals surface area contributed by atoms with Crippen LogP contribution in [0.2, 0.25) is 0 Å². The molecule has 0 aliphatic heterocycles. The Morgan fingerprint density at radius 2 is 2.00 bits per heavy atom. The lowest BCUT2D eigenvalue weighted by Crippen LogP contribution is -2.27. The summed E-state index contributed by atoms with van der Waals surface area (Å²) >= 11 is 0. The second-order valence-electron chi connectivity index (χ2n) is 5.71. The van der Waals surface area contributed by atoms with Crippen LogP contribution in [0.25, 0.3) is 0 Å². The van der Waals surface area contributed by atoms with Crippen molar-refractivity contribution in [2.75, 3.05) is 6.54 Å². The third-order valence-corrected chi connectivity index (χ3v) is 4.76. The first kappa shape index (κ1) is 11.2. The van der Waals surface area contributed by atoms with E-state index in [9.17, 15) is 4.39 Å². The molecule has 0 amide bonds. The second kappa shape index (κ2) is 4.09. The Morgan fingerprint density at radius 3 is 2.71 bits per heavy atom. The van der Waals surface area contributed by atoms with Gasteiger partial charge in [0.05, 0.1) is 0 Å². The van der Waals surface area contributed by atoms with Crippen molar-refractivity contribution in [3.8, 4) is 0 Å². The van der Waals surface area contributed by atoms with E-state index in [1.165, 1.54) is 43.2 Å². The molecular weight excluding hydrogens is 213 g/mol. The number of benzene rings is 1. The van der Waals surface area contributed by atoms with Gasteiger partial charge in [0.2, 0.25) is 0 Å². The first-order valence-electron chi connectivity index (χ1n) is 6.75. The highest BCUT2D eigenvalue weighted by atomic mass is 19.1. The lowest BCUT2D eigenvalue weighted by molar-refractivity contribution is 0.280. The highest BCUT2D eigenvalue weighted by Crippen LogP contribution is 2.53. The maximum Gasteiger partial charge on any atom is 0.123 e. The number of rotatable bonds is 1. The van der Waals surface area contributed by atoms with Gasteiger partial charge in [-0.3, -0.25) is 0 Å². The summed E-state index contributed by atoms with van der Waals surface area (Å²) in [4.78, 5) is 0. The fraction of sp³-hybridized carbons (Fsp3) is 0.600. The van der Waals surface area contributed by atoms with Gasteiger partial charge in [0.15, 0.2) is 0 Å². The number of hydrogen-bond donors (Lipinski definition) is 1. The Balaban J connectivity index is 2.07. The molecule has 0 saturated heterocycles. The van der Waals surface area contributed by atoms with Crippen molar-refractivity contribution in [1.82, 2.24) is 0 Å². The first-order valence-corrected chi connectivity index (χ1v) is 6.75. The Kier molecular flexibility index (Phi) is 2.70. The lowest BCUT2D eigenvalue weighted by Gasteiger charge is -2.35. The van der Waals surface area contributed by atoms with Gasteiger partial charge in [-0.1, -0.05) is 25.3 Å². The standard InChI is InChI=1S/C15H20FN/c16-12-4-5-13-11(10-17)9-15(14(13)8-12)6-2-1-3-7-15/h4-5,8,11H,1-3,6-7,9-10,17H2. The van der Waals surface area contributed by atoms with Crippen LogP contribution in [-0.2, 0) is 5.41 Å². The summed E-state index contributed by atoms with van der Waals surface area (Å²) in [5, 5.41) is 0. The van der Waals surface area contributed by atoms with E-state index in [-0.39, 0.29) is 11.2 Å². The van der Waals surface area contributed by atoms with Crippen molar-refractivity contribution in [3.63, 3.8) is 0 Å². The molecule has 0 radical (unpaired) electrons. The van der Waals surface area contributed by atoms with Crippen LogP contribution in [0.5, 0.6) is 0 Å². The Hall–Kier alpha value is -0.890. The number of nitrogens with two attached hydrogens (primary N) is 1. The highest BCUT2D eigenvalue weighted by molar-refractivity contribution is 5.43.